The van der Waals surface area contributed by atoms with Crippen LogP contribution in [0.15, 0.2) is 22.6 Å². The summed E-state index contributed by atoms with van der Waals surface area (Å²) in [5.74, 6) is 1.43. The van der Waals surface area contributed by atoms with Crippen LogP contribution in [0.1, 0.15) is 48.7 Å². The Morgan fingerprint density at radius 1 is 1.37 bits per heavy atom. The number of amides is 2. The number of hydrogen-bond donors (Lipinski definition) is 1. The second-order valence-corrected chi connectivity index (χ2v) is 7.23. The summed E-state index contributed by atoms with van der Waals surface area (Å²) < 4.78 is 11.1. The van der Waals surface area contributed by atoms with Gasteiger partial charge >= 0.3 is 0 Å². The van der Waals surface area contributed by atoms with Gasteiger partial charge in [0.05, 0.1) is 7.11 Å². The van der Waals surface area contributed by atoms with Crippen molar-refractivity contribution in [1.29, 1.82) is 0 Å². The number of furan rings is 1. The molecule has 0 radical (unpaired) electrons. The first kappa shape index (κ1) is 19.3. The SMILES string of the molecule is CCCC(=O)NCC1CCCN(C(=O)c2oc3ccc(OC)cc3c2C)C1. The van der Waals surface area contributed by atoms with Crippen molar-refractivity contribution >= 4 is 22.8 Å². The van der Waals surface area contributed by atoms with Gasteiger partial charge in [-0.3, -0.25) is 9.59 Å². The summed E-state index contributed by atoms with van der Waals surface area (Å²) in [6.45, 7) is 5.89. The molecule has 0 saturated carbocycles. The standard InChI is InChI=1S/C21H28N2O4/c1-4-6-19(24)22-12-15-7-5-10-23(13-15)21(25)20-14(2)17-11-16(26-3)8-9-18(17)27-20/h8-9,11,15H,4-7,10,12-13H2,1-3H3,(H,22,24). The summed E-state index contributed by atoms with van der Waals surface area (Å²) in [6, 6.07) is 5.56. The molecule has 3 rings (SSSR count). The lowest BCUT2D eigenvalue weighted by Crippen LogP contribution is -2.43. The Balaban J connectivity index is 1.70. The fourth-order valence-electron chi connectivity index (χ4n) is 3.66. The van der Waals surface area contributed by atoms with Gasteiger partial charge in [0.2, 0.25) is 5.91 Å². The van der Waals surface area contributed by atoms with E-state index >= 15 is 0 Å². The number of methoxy groups -OCH3 is 1. The average molecular weight is 372 g/mol. The Hall–Kier alpha value is -2.50. The normalized spacial score (nSPS) is 17.1. The third kappa shape index (κ3) is 4.26. The first-order valence-corrected chi connectivity index (χ1v) is 9.66. The Morgan fingerprint density at radius 3 is 2.93 bits per heavy atom. The highest BCUT2D eigenvalue weighted by Crippen LogP contribution is 2.30. The molecule has 2 aromatic rings. The number of rotatable bonds is 6. The Morgan fingerprint density at radius 2 is 2.19 bits per heavy atom. The van der Waals surface area contributed by atoms with E-state index in [-0.39, 0.29) is 17.7 Å². The fraction of sp³-hybridized carbons (Fsp3) is 0.524. The molecule has 0 spiro atoms. The summed E-state index contributed by atoms with van der Waals surface area (Å²) >= 11 is 0. The van der Waals surface area contributed by atoms with Gasteiger partial charge in [0.25, 0.3) is 5.91 Å². The van der Waals surface area contributed by atoms with Gasteiger partial charge in [0.1, 0.15) is 11.3 Å². The molecular formula is C21H28N2O4. The van der Waals surface area contributed by atoms with Crippen molar-refractivity contribution in [3.8, 4) is 5.75 Å². The highest BCUT2D eigenvalue weighted by molar-refractivity contribution is 5.99. The van der Waals surface area contributed by atoms with Crippen LogP contribution in [0.5, 0.6) is 5.75 Å². The minimum atomic E-state index is -0.0766. The second kappa shape index (κ2) is 8.46. The minimum absolute atomic E-state index is 0.0766. The van der Waals surface area contributed by atoms with E-state index in [1.165, 1.54) is 0 Å². The molecule has 1 aliphatic rings. The number of likely N-dealkylation sites (tertiary alicyclic amines) is 1. The molecule has 1 unspecified atom stereocenters. The number of carbonyl (C=O) groups is 2. The summed E-state index contributed by atoms with van der Waals surface area (Å²) in [7, 11) is 1.62. The van der Waals surface area contributed by atoms with Crippen molar-refractivity contribution in [3.63, 3.8) is 0 Å². The topological polar surface area (TPSA) is 71.8 Å². The van der Waals surface area contributed by atoms with Crippen molar-refractivity contribution < 1.29 is 18.7 Å². The van der Waals surface area contributed by atoms with Crippen LogP contribution in [-0.2, 0) is 4.79 Å². The van der Waals surface area contributed by atoms with Crippen molar-refractivity contribution in [2.45, 2.75) is 39.5 Å². The molecule has 6 nitrogen and oxygen atoms in total. The number of ether oxygens (including phenoxy) is 1. The predicted octanol–water partition coefficient (Wildman–Crippen LogP) is 3.52. The van der Waals surface area contributed by atoms with E-state index in [9.17, 15) is 9.59 Å². The van der Waals surface area contributed by atoms with Crippen LogP contribution in [-0.4, -0.2) is 43.5 Å². The molecular weight excluding hydrogens is 344 g/mol. The minimum Gasteiger partial charge on any atom is -0.497 e. The molecule has 146 valence electrons. The van der Waals surface area contributed by atoms with Crippen LogP contribution in [0.25, 0.3) is 11.0 Å². The molecule has 2 amide bonds. The van der Waals surface area contributed by atoms with Crippen molar-refractivity contribution in [3.05, 3.63) is 29.5 Å². The Bertz CT molecular complexity index is 827. The van der Waals surface area contributed by atoms with Crippen LogP contribution < -0.4 is 10.1 Å². The lowest BCUT2D eigenvalue weighted by atomic mass is 9.97. The summed E-state index contributed by atoms with van der Waals surface area (Å²) in [5.41, 5.74) is 1.53. The molecule has 0 aliphatic carbocycles. The van der Waals surface area contributed by atoms with Gasteiger partial charge in [-0.2, -0.15) is 0 Å². The molecule has 1 aliphatic heterocycles. The van der Waals surface area contributed by atoms with Crippen LogP contribution >= 0.6 is 0 Å². The van der Waals surface area contributed by atoms with E-state index in [1.54, 1.807) is 7.11 Å². The van der Waals surface area contributed by atoms with E-state index in [1.807, 2.05) is 36.9 Å². The third-order valence-electron chi connectivity index (χ3n) is 5.21. The lowest BCUT2D eigenvalue weighted by Gasteiger charge is -2.32. The maximum absolute atomic E-state index is 13.0. The van der Waals surface area contributed by atoms with Crippen LogP contribution in [0.2, 0.25) is 0 Å². The zero-order chi connectivity index (χ0) is 19.4. The third-order valence-corrected chi connectivity index (χ3v) is 5.21. The smallest absolute Gasteiger partial charge is 0.289 e. The maximum atomic E-state index is 13.0. The average Bonchev–Trinajstić information content (AvgIpc) is 3.02. The number of nitrogens with zero attached hydrogens (tertiary/aromatic N) is 1. The fourth-order valence-corrected chi connectivity index (χ4v) is 3.66. The molecule has 1 atom stereocenters. The number of nitrogens with one attached hydrogen (secondary N) is 1. The molecule has 1 aromatic carbocycles. The quantitative estimate of drug-likeness (QED) is 0.842. The highest BCUT2D eigenvalue weighted by atomic mass is 16.5. The molecule has 6 heteroatoms. The van der Waals surface area contributed by atoms with Gasteiger partial charge in [-0.1, -0.05) is 6.92 Å². The first-order valence-electron chi connectivity index (χ1n) is 9.66. The van der Waals surface area contributed by atoms with Crippen molar-refractivity contribution in [2.75, 3.05) is 26.7 Å². The highest BCUT2D eigenvalue weighted by Gasteiger charge is 2.28. The Kier molecular flexibility index (Phi) is 6.04. The molecule has 1 fully saturated rings. The predicted molar refractivity (Wildman–Crippen MR) is 104 cm³/mol. The number of hydrogen-bond acceptors (Lipinski definition) is 4. The summed E-state index contributed by atoms with van der Waals surface area (Å²) in [4.78, 5) is 26.6. The summed E-state index contributed by atoms with van der Waals surface area (Å²) in [5, 5.41) is 3.88. The van der Waals surface area contributed by atoms with Gasteiger partial charge in [0, 0.05) is 37.0 Å². The first-order chi connectivity index (χ1) is 13.0. The van der Waals surface area contributed by atoms with Crippen LogP contribution in [0.3, 0.4) is 0 Å². The van der Waals surface area contributed by atoms with Crippen LogP contribution in [0.4, 0.5) is 0 Å². The largest absolute Gasteiger partial charge is 0.497 e. The van der Waals surface area contributed by atoms with Crippen molar-refractivity contribution in [2.24, 2.45) is 5.92 Å². The van der Waals surface area contributed by atoms with Gasteiger partial charge in [-0.05, 0) is 50.3 Å². The summed E-state index contributed by atoms with van der Waals surface area (Å²) in [6.07, 6.45) is 3.36. The van der Waals surface area contributed by atoms with E-state index in [2.05, 4.69) is 5.32 Å². The Labute approximate surface area is 159 Å². The number of aryl methyl sites for hydroxylation is 1. The molecule has 1 aromatic heterocycles. The zero-order valence-corrected chi connectivity index (χ0v) is 16.3. The van der Waals surface area contributed by atoms with Gasteiger partial charge in [-0.15, -0.1) is 0 Å². The van der Waals surface area contributed by atoms with E-state index < -0.39 is 0 Å². The number of fused-ring (bicyclic) bond motifs is 1. The number of carbonyl (C=O) groups excluding carboxylic acids is 2. The van der Waals surface area contributed by atoms with Gasteiger partial charge in [-0.25, -0.2) is 0 Å². The van der Waals surface area contributed by atoms with E-state index in [0.29, 0.717) is 30.9 Å². The zero-order valence-electron chi connectivity index (χ0n) is 16.3. The lowest BCUT2D eigenvalue weighted by molar-refractivity contribution is -0.121. The van der Waals surface area contributed by atoms with Crippen molar-refractivity contribution in [1.82, 2.24) is 10.2 Å². The van der Waals surface area contributed by atoms with E-state index in [0.717, 1.165) is 42.5 Å². The molecule has 0 bridgehead atoms. The van der Waals surface area contributed by atoms with E-state index in [4.69, 9.17) is 9.15 Å². The molecule has 1 N–H and O–H groups in total. The van der Waals surface area contributed by atoms with Crippen LogP contribution in [0, 0.1) is 12.8 Å². The van der Waals surface area contributed by atoms with Gasteiger partial charge < -0.3 is 19.4 Å². The van der Waals surface area contributed by atoms with Gasteiger partial charge in [0.15, 0.2) is 5.76 Å². The molecule has 1 saturated heterocycles. The maximum Gasteiger partial charge on any atom is 0.289 e. The number of benzene rings is 1. The second-order valence-electron chi connectivity index (χ2n) is 7.23. The molecule has 2 heterocycles. The monoisotopic (exact) mass is 372 g/mol. The number of piperidine rings is 1. The molecule has 27 heavy (non-hydrogen) atoms.